The molecule has 0 spiro atoms. The number of benzene rings is 1. The first-order valence-electron chi connectivity index (χ1n) is 9.71. The molecule has 154 valence electrons. The third kappa shape index (κ3) is 3.71. The minimum atomic E-state index is -0.263. The van der Waals surface area contributed by atoms with Crippen LogP contribution in [0.25, 0.3) is 16.2 Å². The largest absolute Gasteiger partial charge is 0.354 e. The van der Waals surface area contributed by atoms with Gasteiger partial charge in [-0.05, 0) is 38.2 Å². The van der Waals surface area contributed by atoms with Crippen LogP contribution in [0.2, 0.25) is 0 Å². The topological polar surface area (TPSA) is 74.5 Å². The van der Waals surface area contributed by atoms with E-state index in [9.17, 15) is 4.39 Å². The Kier molecular flexibility index (Phi) is 4.80. The molecule has 3 aromatic heterocycles. The Morgan fingerprint density at radius 2 is 1.80 bits per heavy atom. The first-order chi connectivity index (χ1) is 14.5. The molecule has 0 aliphatic carbocycles. The number of hydrogen-bond donors (Lipinski definition) is 1. The monoisotopic (exact) mass is 424 g/mol. The van der Waals surface area contributed by atoms with Crippen molar-refractivity contribution >= 4 is 33.9 Å². The van der Waals surface area contributed by atoms with Crippen LogP contribution in [0, 0.1) is 12.7 Å². The van der Waals surface area contributed by atoms with Gasteiger partial charge in [0.1, 0.15) is 23.3 Å². The zero-order valence-electron chi connectivity index (χ0n) is 16.7. The summed E-state index contributed by atoms with van der Waals surface area (Å²) in [5.74, 6) is 2.47. The summed E-state index contributed by atoms with van der Waals surface area (Å²) < 4.78 is 15.0. The highest BCUT2D eigenvalue weighted by atomic mass is 32.1. The van der Waals surface area contributed by atoms with E-state index in [1.54, 1.807) is 16.6 Å². The summed E-state index contributed by atoms with van der Waals surface area (Å²) in [6, 6.07) is 8.30. The van der Waals surface area contributed by atoms with Crippen LogP contribution in [0.3, 0.4) is 0 Å². The molecule has 1 aliphatic heterocycles. The maximum absolute atomic E-state index is 13.2. The second kappa shape index (κ2) is 7.62. The molecule has 8 nitrogen and oxygen atoms in total. The molecule has 1 aromatic carbocycles. The molecule has 0 radical (unpaired) electrons. The SMILES string of the molecule is Cc1nc(Nc2nc3scc(-c4ccc(F)cc4)n3n2)cc(N2CCN(C)CC2)n1. The van der Waals surface area contributed by atoms with Crippen molar-refractivity contribution < 1.29 is 4.39 Å². The van der Waals surface area contributed by atoms with E-state index in [1.165, 1.54) is 23.5 Å². The first-order valence-corrected chi connectivity index (χ1v) is 10.6. The number of likely N-dealkylation sites (N-methyl/N-ethyl adjacent to an activating group) is 1. The molecule has 0 saturated carbocycles. The van der Waals surface area contributed by atoms with Gasteiger partial charge < -0.3 is 15.1 Å². The van der Waals surface area contributed by atoms with Crippen LogP contribution >= 0.6 is 11.3 Å². The van der Waals surface area contributed by atoms with E-state index in [1.807, 2.05) is 18.4 Å². The van der Waals surface area contributed by atoms with Gasteiger partial charge in [0.2, 0.25) is 10.9 Å². The second-order valence-corrected chi connectivity index (χ2v) is 8.17. The van der Waals surface area contributed by atoms with Gasteiger partial charge in [0.25, 0.3) is 0 Å². The third-order valence-electron chi connectivity index (χ3n) is 5.11. The van der Waals surface area contributed by atoms with Gasteiger partial charge in [0, 0.05) is 43.2 Å². The summed E-state index contributed by atoms with van der Waals surface area (Å²) in [7, 11) is 2.13. The maximum atomic E-state index is 13.2. The number of piperazine rings is 1. The predicted molar refractivity (Wildman–Crippen MR) is 116 cm³/mol. The van der Waals surface area contributed by atoms with Gasteiger partial charge in [-0.25, -0.2) is 18.9 Å². The fourth-order valence-corrected chi connectivity index (χ4v) is 4.31. The molecule has 4 aromatic rings. The van der Waals surface area contributed by atoms with Crippen molar-refractivity contribution in [2.45, 2.75) is 6.92 Å². The molecular formula is C20H21FN8S. The zero-order valence-corrected chi connectivity index (χ0v) is 17.5. The number of fused-ring (bicyclic) bond motifs is 1. The number of halogens is 1. The minimum absolute atomic E-state index is 0.263. The molecular weight excluding hydrogens is 403 g/mol. The number of aryl methyl sites for hydroxylation is 1. The zero-order chi connectivity index (χ0) is 20.7. The molecule has 10 heteroatoms. The van der Waals surface area contributed by atoms with Crippen molar-refractivity contribution in [3.8, 4) is 11.3 Å². The highest BCUT2D eigenvalue weighted by Gasteiger charge is 2.17. The summed E-state index contributed by atoms with van der Waals surface area (Å²) in [6.07, 6.45) is 0. The lowest BCUT2D eigenvalue weighted by Gasteiger charge is -2.33. The quantitative estimate of drug-likeness (QED) is 0.539. The van der Waals surface area contributed by atoms with Gasteiger partial charge in [-0.3, -0.25) is 0 Å². The van der Waals surface area contributed by atoms with E-state index >= 15 is 0 Å². The summed E-state index contributed by atoms with van der Waals surface area (Å²) >= 11 is 1.48. The van der Waals surface area contributed by atoms with Gasteiger partial charge in [0.05, 0.1) is 5.69 Å². The average molecular weight is 425 g/mol. The lowest BCUT2D eigenvalue weighted by molar-refractivity contribution is 0.312. The van der Waals surface area contributed by atoms with Crippen LogP contribution in [0.1, 0.15) is 5.82 Å². The fraction of sp³-hybridized carbons (Fsp3) is 0.300. The van der Waals surface area contributed by atoms with Gasteiger partial charge in [-0.15, -0.1) is 16.4 Å². The Morgan fingerprint density at radius 3 is 2.57 bits per heavy atom. The van der Waals surface area contributed by atoms with Gasteiger partial charge in [0.15, 0.2) is 0 Å². The molecule has 5 rings (SSSR count). The van der Waals surface area contributed by atoms with E-state index in [-0.39, 0.29) is 5.82 Å². The molecule has 0 bridgehead atoms. The van der Waals surface area contributed by atoms with Crippen molar-refractivity contribution in [1.29, 1.82) is 0 Å². The lowest BCUT2D eigenvalue weighted by Crippen LogP contribution is -2.44. The van der Waals surface area contributed by atoms with E-state index in [2.05, 4.69) is 42.2 Å². The molecule has 1 N–H and O–H groups in total. The van der Waals surface area contributed by atoms with Crippen LogP contribution in [-0.2, 0) is 0 Å². The highest BCUT2D eigenvalue weighted by Crippen LogP contribution is 2.27. The van der Waals surface area contributed by atoms with Crippen LogP contribution in [-0.4, -0.2) is 62.7 Å². The second-order valence-electron chi connectivity index (χ2n) is 7.33. The van der Waals surface area contributed by atoms with Gasteiger partial charge in [-0.2, -0.15) is 4.98 Å². The molecule has 1 aliphatic rings. The van der Waals surface area contributed by atoms with Crippen molar-refractivity contribution in [2.75, 3.05) is 43.4 Å². The van der Waals surface area contributed by atoms with Crippen LogP contribution < -0.4 is 10.2 Å². The third-order valence-corrected chi connectivity index (χ3v) is 5.93. The van der Waals surface area contributed by atoms with Crippen LogP contribution in [0.15, 0.2) is 35.7 Å². The Hall–Kier alpha value is -3.11. The van der Waals surface area contributed by atoms with Crippen molar-refractivity contribution in [3.05, 3.63) is 47.4 Å². The summed E-state index contributed by atoms with van der Waals surface area (Å²) in [4.78, 5) is 19.0. The van der Waals surface area contributed by atoms with Gasteiger partial charge in [-0.1, -0.05) is 0 Å². The standard InChI is InChI=1S/C20H21FN8S/c1-13-22-17(11-18(23-13)28-9-7-27(2)8-10-28)24-19-25-20-29(26-19)16(12-30-20)14-3-5-15(21)6-4-14/h3-6,11-12H,7-10H2,1-2H3,(H,22,23,24,26). The normalized spacial score (nSPS) is 15.1. The Morgan fingerprint density at radius 1 is 1.03 bits per heavy atom. The number of hydrogen-bond acceptors (Lipinski definition) is 8. The number of rotatable bonds is 4. The lowest BCUT2D eigenvalue weighted by atomic mass is 10.2. The molecule has 0 unspecified atom stereocenters. The summed E-state index contributed by atoms with van der Waals surface area (Å²) in [6.45, 7) is 5.78. The predicted octanol–water partition coefficient (Wildman–Crippen LogP) is 3.19. The number of thiazole rings is 1. The number of anilines is 3. The van der Waals surface area contributed by atoms with Crippen LogP contribution in [0.4, 0.5) is 22.0 Å². The van der Waals surface area contributed by atoms with Crippen LogP contribution in [0.5, 0.6) is 0 Å². The minimum Gasteiger partial charge on any atom is -0.354 e. The molecule has 0 atom stereocenters. The van der Waals surface area contributed by atoms with Gasteiger partial charge >= 0.3 is 0 Å². The number of aromatic nitrogens is 5. The number of nitrogens with one attached hydrogen (secondary N) is 1. The van der Waals surface area contributed by atoms with Crippen molar-refractivity contribution in [3.63, 3.8) is 0 Å². The Balaban J connectivity index is 1.41. The van der Waals surface area contributed by atoms with E-state index in [0.717, 1.165) is 48.2 Å². The average Bonchev–Trinajstić information content (AvgIpc) is 3.29. The highest BCUT2D eigenvalue weighted by molar-refractivity contribution is 7.15. The first kappa shape index (κ1) is 18.9. The van der Waals surface area contributed by atoms with Crippen molar-refractivity contribution in [2.24, 2.45) is 0 Å². The van der Waals surface area contributed by atoms with Crippen molar-refractivity contribution in [1.82, 2.24) is 29.5 Å². The smallest absolute Gasteiger partial charge is 0.249 e. The van der Waals surface area contributed by atoms with E-state index < -0.39 is 0 Å². The molecule has 1 saturated heterocycles. The maximum Gasteiger partial charge on any atom is 0.249 e. The molecule has 4 heterocycles. The number of nitrogens with zero attached hydrogens (tertiary/aromatic N) is 7. The molecule has 1 fully saturated rings. The molecule has 0 amide bonds. The molecule has 30 heavy (non-hydrogen) atoms. The Labute approximate surface area is 177 Å². The van der Waals surface area contributed by atoms with E-state index in [0.29, 0.717) is 17.6 Å². The van der Waals surface area contributed by atoms with E-state index in [4.69, 9.17) is 0 Å². The Bertz CT molecular complexity index is 1180. The summed E-state index contributed by atoms with van der Waals surface area (Å²) in [5, 5.41) is 9.76. The fourth-order valence-electron chi connectivity index (χ4n) is 3.48. The summed E-state index contributed by atoms with van der Waals surface area (Å²) in [5.41, 5.74) is 1.75.